The third-order valence-corrected chi connectivity index (χ3v) is 10.9. The van der Waals surface area contributed by atoms with Gasteiger partial charge in [-0.3, -0.25) is 0 Å². The van der Waals surface area contributed by atoms with Gasteiger partial charge in [0, 0.05) is 27.6 Å². The molecule has 8 aromatic carbocycles. The van der Waals surface area contributed by atoms with E-state index in [2.05, 4.69) is 175 Å². The molecule has 1 aromatic heterocycles. The Hall–Kier alpha value is -6.38. The summed E-state index contributed by atoms with van der Waals surface area (Å²) in [7, 11) is 0. The zero-order chi connectivity index (χ0) is 32.1. The van der Waals surface area contributed by atoms with E-state index < -0.39 is 0 Å². The molecule has 11 rings (SSSR count). The van der Waals surface area contributed by atoms with Gasteiger partial charge in [-0.1, -0.05) is 158 Å². The average molecular weight is 624 g/mol. The van der Waals surface area contributed by atoms with Gasteiger partial charge >= 0.3 is 0 Å². The molecule has 2 heteroatoms. The van der Waals surface area contributed by atoms with Gasteiger partial charge in [0.1, 0.15) is 5.58 Å². The maximum atomic E-state index is 6.96. The lowest BCUT2D eigenvalue weighted by Gasteiger charge is -2.30. The van der Waals surface area contributed by atoms with Gasteiger partial charge in [-0.15, -0.1) is 0 Å². The molecule has 0 saturated carbocycles. The predicted molar refractivity (Wildman–Crippen MR) is 203 cm³/mol. The molecule has 1 heterocycles. The summed E-state index contributed by atoms with van der Waals surface area (Å²) < 4.78 is 6.96. The first-order chi connectivity index (χ1) is 24.3. The van der Waals surface area contributed by atoms with Gasteiger partial charge in [-0.25, -0.2) is 0 Å². The van der Waals surface area contributed by atoms with Crippen molar-refractivity contribution in [3.8, 4) is 33.4 Å². The van der Waals surface area contributed by atoms with E-state index in [0.29, 0.717) is 0 Å². The van der Waals surface area contributed by atoms with E-state index in [1.54, 1.807) is 0 Å². The molecule has 9 aromatic rings. The van der Waals surface area contributed by atoms with E-state index in [9.17, 15) is 0 Å². The Kier molecular flexibility index (Phi) is 5.34. The second kappa shape index (κ2) is 9.82. The summed E-state index contributed by atoms with van der Waals surface area (Å²) in [6, 6.07) is 61.6. The summed E-state index contributed by atoms with van der Waals surface area (Å²) in [5, 5.41) is 8.58. The quantitative estimate of drug-likeness (QED) is 0.212. The molecule has 0 bridgehead atoms. The molecule has 49 heavy (non-hydrogen) atoms. The van der Waals surface area contributed by atoms with Crippen LogP contribution < -0.4 is 5.32 Å². The van der Waals surface area contributed by atoms with Crippen LogP contribution in [-0.4, -0.2) is 0 Å². The maximum absolute atomic E-state index is 6.96. The highest BCUT2D eigenvalue weighted by molar-refractivity contribution is 6.24. The Morgan fingerprint density at radius 1 is 0.408 bits per heavy atom. The highest BCUT2D eigenvalue weighted by Gasteiger charge is 2.52. The van der Waals surface area contributed by atoms with Crippen LogP contribution in [0.1, 0.15) is 22.3 Å². The van der Waals surface area contributed by atoms with Crippen molar-refractivity contribution in [2.75, 3.05) is 5.32 Å². The minimum absolute atomic E-state index is 0.389. The van der Waals surface area contributed by atoms with Crippen LogP contribution >= 0.6 is 0 Å². The molecule has 228 valence electrons. The summed E-state index contributed by atoms with van der Waals surface area (Å²) in [5.41, 5.74) is 16.1. The van der Waals surface area contributed by atoms with E-state index in [0.717, 1.165) is 44.4 Å². The lowest BCUT2D eigenvalue weighted by Crippen LogP contribution is -2.25. The van der Waals surface area contributed by atoms with Crippen molar-refractivity contribution in [2.24, 2.45) is 0 Å². The highest BCUT2D eigenvalue weighted by atomic mass is 16.3. The van der Waals surface area contributed by atoms with Gasteiger partial charge in [0.05, 0.1) is 11.1 Å². The van der Waals surface area contributed by atoms with E-state index >= 15 is 0 Å². The zero-order valence-corrected chi connectivity index (χ0v) is 26.6. The summed E-state index contributed by atoms with van der Waals surface area (Å²) in [4.78, 5) is 0. The van der Waals surface area contributed by atoms with Crippen LogP contribution in [0.5, 0.6) is 0 Å². The van der Waals surface area contributed by atoms with Crippen LogP contribution in [0.15, 0.2) is 174 Å². The number of hydrogen-bond acceptors (Lipinski definition) is 2. The van der Waals surface area contributed by atoms with Crippen LogP contribution in [-0.2, 0) is 5.41 Å². The van der Waals surface area contributed by atoms with Crippen molar-refractivity contribution < 1.29 is 4.42 Å². The first-order valence-corrected chi connectivity index (χ1v) is 16.9. The minimum atomic E-state index is -0.389. The van der Waals surface area contributed by atoms with E-state index in [1.165, 1.54) is 55.3 Å². The highest BCUT2D eigenvalue weighted by Crippen LogP contribution is 2.64. The Morgan fingerprint density at radius 3 is 1.76 bits per heavy atom. The summed E-state index contributed by atoms with van der Waals surface area (Å²) >= 11 is 0. The zero-order valence-electron chi connectivity index (χ0n) is 26.6. The Bertz CT molecular complexity index is 2760. The topological polar surface area (TPSA) is 25.2 Å². The predicted octanol–water partition coefficient (Wildman–Crippen LogP) is 12.5. The number of para-hydroxylation sites is 1. The average Bonchev–Trinajstić information content (AvgIpc) is 3.81. The fraction of sp³-hybridized carbons (Fsp3) is 0.0213. The largest absolute Gasteiger partial charge is 0.453 e. The van der Waals surface area contributed by atoms with E-state index in [4.69, 9.17) is 4.42 Å². The molecule has 0 radical (unpaired) electrons. The molecule has 0 aliphatic heterocycles. The monoisotopic (exact) mass is 623 g/mol. The smallest absolute Gasteiger partial charge is 0.159 e. The molecule has 1 spiro atoms. The van der Waals surface area contributed by atoms with Crippen molar-refractivity contribution in [2.45, 2.75) is 5.41 Å². The maximum Gasteiger partial charge on any atom is 0.159 e. The number of anilines is 2. The number of rotatable bonds is 3. The number of fused-ring (bicyclic) bond motifs is 15. The lowest BCUT2D eigenvalue weighted by atomic mass is 9.70. The first-order valence-electron chi connectivity index (χ1n) is 16.9. The van der Waals surface area contributed by atoms with Gasteiger partial charge in [0.25, 0.3) is 0 Å². The fourth-order valence-electron chi connectivity index (χ4n) is 8.98. The summed E-state index contributed by atoms with van der Waals surface area (Å²) in [6.45, 7) is 0. The third kappa shape index (κ3) is 3.45. The van der Waals surface area contributed by atoms with Gasteiger partial charge in [-0.05, 0) is 67.4 Å². The molecule has 1 N–H and O–H groups in total. The van der Waals surface area contributed by atoms with Crippen molar-refractivity contribution in [3.05, 3.63) is 192 Å². The van der Waals surface area contributed by atoms with Crippen LogP contribution in [0.25, 0.3) is 66.1 Å². The van der Waals surface area contributed by atoms with Gasteiger partial charge < -0.3 is 9.73 Å². The normalized spacial score (nSPS) is 13.5. The molecule has 0 saturated heterocycles. The second-order valence-corrected chi connectivity index (χ2v) is 13.2. The second-order valence-electron chi connectivity index (χ2n) is 13.2. The van der Waals surface area contributed by atoms with Crippen LogP contribution in [0.4, 0.5) is 11.4 Å². The molecule has 0 atom stereocenters. The SMILES string of the molecule is c1ccc(-c2cccc3c2oc2c(Nc4cccc5c4-c4ccccc4C54c5ccccc5-c5ccccc54)cc4ccccc4c23)cc1. The Morgan fingerprint density at radius 2 is 0.980 bits per heavy atom. The van der Waals surface area contributed by atoms with Gasteiger partial charge in [0.2, 0.25) is 0 Å². The van der Waals surface area contributed by atoms with Crippen molar-refractivity contribution in [1.82, 2.24) is 0 Å². The molecule has 0 unspecified atom stereocenters. The molecule has 2 aliphatic carbocycles. The first kappa shape index (κ1) is 26.7. The summed E-state index contributed by atoms with van der Waals surface area (Å²) in [5.74, 6) is 0. The molecule has 2 aliphatic rings. The standard InChI is InChI=1S/C47H29NO/c1-2-14-29(15-3-1)32-21-12-22-36-43-31-17-5-4-16-30(31)28-42(46(43)49-45(32)36)48-41-27-13-26-40-44(41)35-20-8-11-25-39(35)47(40)37-23-9-6-18-33(37)34-19-7-10-24-38(34)47/h1-28,48H. The van der Waals surface area contributed by atoms with Crippen LogP contribution in [0.2, 0.25) is 0 Å². The fourth-order valence-corrected chi connectivity index (χ4v) is 8.98. The lowest BCUT2D eigenvalue weighted by molar-refractivity contribution is 0.671. The Labute approximate surface area is 283 Å². The molecule has 0 amide bonds. The van der Waals surface area contributed by atoms with Gasteiger partial charge in [-0.2, -0.15) is 0 Å². The Balaban J connectivity index is 1.18. The molecule has 2 nitrogen and oxygen atoms in total. The summed E-state index contributed by atoms with van der Waals surface area (Å²) in [6.07, 6.45) is 0. The van der Waals surface area contributed by atoms with Crippen LogP contribution in [0, 0.1) is 0 Å². The van der Waals surface area contributed by atoms with Crippen LogP contribution in [0.3, 0.4) is 0 Å². The van der Waals surface area contributed by atoms with Crippen molar-refractivity contribution in [3.63, 3.8) is 0 Å². The third-order valence-electron chi connectivity index (χ3n) is 10.9. The molecular formula is C47H29NO. The van der Waals surface area contributed by atoms with Gasteiger partial charge in [0.15, 0.2) is 5.58 Å². The number of hydrogen-bond donors (Lipinski definition) is 1. The van der Waals surface area contributed by atoms with Crippen molar-refractivity contribution in [1.29, 1.82) is 0 Å². The van der Waals surface area contributed by atoms with E-state index in [1.807, 2.05) is 0 Å². The number of nitrogens with one attached hydrogen (secondary N) is 1. The minimum Gasteiger partial charge on any atom is -0.453 e. The number of benzene rings is 8. The number of furan rings is 1. The molecular weight excluding hydrogens is 595 g/mol. The van der Waals surface area contributed by atoms with E-state index in [-0.39, 0.29) is 5.41 Å². The molecule has 0 fully saturated rings. The van der Waals surface area contributed by atoms with Crippen molar-refractivity contribution >= 4 is 44.1 Å².